The van der Waals surface area contributed by atoms with Gasteiger partial charge in [-0.2, -0.15) is 0 Å². The lowest BCUT2D eigenvalue weighted by molar-refractivity contribution is 0.0600. The summed E-state index contributed by atoms with van der Waals surface area (Å²) >= 11 is 0. The normalized spacial score (nSPS) is 10.8. The maximum atomic E-state index is 13.1. The molecule has 2 rings (SSSR count). The fourth-order valence-corrected chi connectivity index (χ4v) is 3.80. The SMILES string of the molecule is C=CCN(c1ccccc1OC)S(=O)(=O)c1cccc(C(=O)OC)c1. The Kier molecular flexibility index (Phi) is 5.82. The number of benzene rings is 2. The minimum atomic E-state index is -3.94. The summed E-state index contributed by atoms with van der Waals surface area (Å²) in [5.41, 5.74) is 0.538. The van der Waals surface area contributed by atoms with Gasteiger partial charge < -0.3 is 9.47 Å². The zero-order valence-electron chi connectivity index (χ0n) is 14.0. The minimum absolute atomic E-state index is 0.0249. The number of para-hydroxylation sites is 2. The zero-order valence-corrected chi connectivity index (χ0v) is 14.8. The highest BCUT2D eigenvalue weighted by atomic mass is 32.2. The Morgan fingerprint density at radius 2 is 1.88 bits per heavy atom. The van der Waals surface area contributed by atoms with Crippen molar-refractivity contribution in [3.63, 3.8) is 0 Å². The molecule has 0 N–H and O–H groups in total. The van der Waals surface area contributed by atoms with Crippen LogP contribution in [-0.2, 0) is 14.8 Å². The Labute approximate surface area is 147 Å². The van der Waals surface area contributed by atoms with Crippen LogP contribution >= 0.6 is 0 Å². The summed E-state index contributed by atoms with van der Waals surface area (Å²) in [5.74, 6) is -0.193. The number of methoxy groups -OCH3 is 2. The summed E-state index contributed by atoms with van der Waals surface area (Å²) in [4.78, 5) is 11.7. The molecule has 6 nitrogen and oxygen atoms in total. The molecule has 2 aromatic carbocycles. The topological polar surface area (TPSA) is 72.9 Å². The molecule has 0 saturated heterocycles. The Hall–Kier alpha value is -2.80. The molecular formula is C18H19NO5S. The minimum Gasteiger partial charge on any atom is -0.495 e. The predicted molar refractivity (Wildman–Crippen MR) is 95.5 cm³/mol. The van der Waals surface area contributed by atoms with E-state index < -0.39 is 16.0 Å². The molecule has 0 radical (unpaired) electrons. The van der Waals surface area contributed by atoms with Crippen LogP contribution < -0.4 is 9.04 Å². The molecule has 0 aliphatic heterocycles. The molecule has 0 saturated carbocycles. The van der Waals surface area contributed by atoms with E-state index in [0.29, 0.717) is 11.4 Å². The van der Waals surface area contributed by atoms with Gasteiger partial charge in [0.2, 0.25) is 0 Å². The van der Waals surface area contributed by atoms with Gasteiger partial charge in [0.1, 0.15) is 5.75 Å². The van der Waals surface area contributed by atoms with Crippen LogP contribution in [0.3, 0.4) is 0 Å². The van der Waals surface area contributed by atoms with E-state index in [-0.39, 0.29) is 17.0 Å². The third kappa shape index (κ3) is 3.83. The first-order chi connectivity index (χ1) is 12.0. The van der Waals surface area contributed by atoms with Gasteiger partial charge in [0.25, 0.3) is 10.0 Å². The molecule has 0 aliphatic carbocycles. The lowest BCUT2D eigenvalue weighted by Gasteiger charge is -2.25. The van der Waals surface area contributed by atoms with E-state index in [1.807, 2.05) is 0 Å². The van der Waals surface area contributed by atoms with Crippen LogP contribution in [0.5, 0.6) is 5.75 Å². The quantitative estimate of drug-likeness (QED) is 0.560. The first kappa shape index (κ1) is 18.5. The van der Waals surface area contributed by atoms with Crippen molar-refractivity contribution in [3.05, 3.63) is 66.7 Å². The molecule has 0 spiro atoms. The van der Waals surface area contributed by atoms with Gasteiger partial charge in [0.15, 0.2) is 0 Å². The summed E-state index contributed by atoms with van der Waals surface area (Å²) in [6.45, 7) is 3.67. The van der Waals surface area contributed by atoms with Gasteiger partial charge in [-0.25, -0.2) is 13.2 Å². The van der Waals surface area contributed by atoms with Crippen LogP contribution in [0.15, 0.2) is 66.1 Å². The van der Waals surface area contributed by atoms with Crippen LogP contribution in [-0.4, -0.2) is 35.2 Å². The fraction of sp³-hybridized carbons (Fsp3) is 0.167. The van der Waals surface area contributed by atoms with E-state index in [2.05, 4.69) is 11.3 Å². The number of anilines is 1. The van der Waals surface area contributed by atoms with Crippen LogP contribution in [0, 0.1) is 0 Å². The first-order valence-corrected chi connectivity index (χ1v) is 8.84. The number of sulfonamides is 1. The Balaban J connectivity index is 2.57. The van der Waals surface area contributed by atoms with Crippen LogP contribution in [0.25, 0.3) is 0 Å². The Morgan fingerprint density at radius 3 is 2.52 bits per heavy atom. The smallest absolute Gasteiger partial charge is 0.337 e. The molecule has 0 unspecified atom stereocenters. The van der Waals surface area contributed by atoms with Gasteiger partial charge >= 0.3 is 5.97 Å². The number of nitrogens with zero attached hydrogens (tertiary/aromatic N) is 1. The highest BCUT2D eigenvalue weighted by molar-refractivity contribution is 7.92. The van der Waals surface area contributed by atoms with Gasteiger partial charge in [0.05, 0.1) is 36.9 Å². The zero-order chi connectivity index (χ0) is 18.4. The molecule has 0 aliphatic rings. The highest BCUT2D eigenvalue weighted by Gasteiger charge is 2.27. The third-order valence-corrected chi connectivity index (χ3v) is 5.27. The number of carbonyl (C=O) groups excluding carboxylic acids is 1. The molecule has 7 heteroatoms. The summed E-state index contributed by atoms with van der Waals surface area (Å²) in [6, 6.07) is 12.5. The lowest BCUT2D eigenvalue weighted by Crippen LogP contribution is -2.31. The molecule has 0 amide bonds. The van der Waals surface area contributed by atoms with Crippen LogP contribution in [0.1, 0.15) is 10.4 Å². The molecule has 0 fully saturated rings. The summed E-state index contributed by atoms with van der Waals surface area (Å²) < 4.78 is 37.3. The second-order valence-electron chi connectivity index (χ2n) is 5.02. The van der Waals surface area contributed by atoms with Crippen molar-refractivity contribution < 1.29 is 22.7 Å². The van der Waals surface area contributed by atoms with Crippen molar-refractivity contribution in [1.29, 1.82) is 0 Å². The van der Waals surface area contributed by atoms with E-state index in [4.69, 9.17) is 4.74 Å². The second kappa shape index (κ2) is 7.85. The number of hydrogen-bond acceptors (Lipinski definition) is 5. The number of esters is 1. The number of rotatable bonds is 7. The number of carbonyl (C=O) groups is 1. The molecule has 0 atom stereocenters. The van der Waals surface area contributed by atoms with Gasteiger partial charge in [-0.05, 0) is 30.3 Å². The first-order valence-electron chi connectivity index (χ1n) is 7.40. The monoisotopic (exact) mass is 361 g/mol. The van der Waals surface area contributed by atoms with Crippen molar-refractivity contribution >= 4 is 21.7 Å². The largest absolute Gasteiger partial charge is 0.495 e. The van der Waals surface area contributed by atoms with Crippen molar-refractivity contribution in [2.45, 2.75) is 4.90 Å². The maximum absolute atomic E-state index is 13.1. The van der Waals surface area contributed by atoms with Gasteiger partial charge in [-0.15, -0.1) is 6.58 Å². The van der Waals surface area contributed by atoms with Gasteiger partial charge in [-0.1, -0.05) is 24.3 Å². The lowest BCUT2D eigenvalue weighted by atomic mass is 10.2. The molecule has 25 heavy (non-hydrogen) atoms. The number of ether oxygens (including phenoxy) is 2. The average molecular weight is 361 g/mol. The van der Waals surface area contributed by atoms with E-state index >= 15 is 0 Å². The van der Waals surface area contributed by atoms with Gasteiger partial charge in [0, 0.05) is 0 Å². The molecule has 0 bridgehead atoms. The average Bonchev–Trinajstić information content (AvgIpc) is 2.65. The van der Waals surface area contributed by atoms with Crippen LogP contribution in [0.4, 0.5) is 5.69 Å². The Bertz CT molecular complexity index is 877. The molecule has 0 aromatic heterocycles. The number of hydrogen-bond donors (Lipinski definition) is 0. The molecular weight excluding hydrogens is 342 g/mol. The van der Waals surface area contributed by atoms with Crippen molar-refractivity contribution in [2.24, 2.45) is 0 Å². The Morgan fingerprint density at radius 1 is 1.16 bits per heavy atom. The second-order valence-corrected chi connectivity index (χ2v) is 6.88. The summed E-state index contributed by atoms with van der Waals surface area (Å²) in [6.07, 6.45) is 1.48. The maximum Gasteiger partial charge on any atom is 0.337 e. The van der Waals surface area contributed by atoms with E-state index in [1.165, 1.54) is 48.9 Å². The highest BCUT2D eigenvalue weighted by Crippen LogP contribution is 2.32. The summed E-state index contributed by atoms with van der Waals surface area (Å²) in [5, 5.41) is 0. The molecule has 0 heterocycles. The van der Waals surface area contributed by atoms with Crippen LogP contribution in [0.2, 0.25) is 0 Å². The van der Waals surface area contributed by atoms with E-state index in [9.17, 15) is 13.2 Å². The van der Waals surface area contributed by atoms with Crippen molar-refractivity contribution in [2.75, 3.05) is 25.1 Å². The fourth-order valence-electron chi connectivity index (χ4n) is 2.31. The van der Waals surface area contributed by atoms with E-state index in [1.54, 1.807) is 24.3 Å². The predicted octanol–water partition coefficient (Wildman–Crippen LogP) is 2.86. The standard InChI is InChI=1S/C18H19NO5S/c1-4-12-19(16-10-5-6-11-17(16)23-2)25(21,22)15-9-7-8-14(13-15)18(20)24-3/h4-11,13H,1,12H2,2-3H3. The van der Waals surface area contributed by atoms with Crippen molar-refractivity contribution in [3.8, 4) is 5.75 Å². The van der Waals surface area contributed by atoms with E-state index in [0.717, 1.165) is 0 Å². The van der Waals surface area contributed by atoms with Crippen molar-refractivity contribution in [1.82, 2.24) is 0 Å². The third-order valence-electron chi connectivity index (χ3n) is 3.49. The molecule has 2 aromatic rings. The molecule has 132 valence electrons. The summed E-state index contributed by atoms with van der Waals surface area (Å²) in [7, 11) is -1.23. The van der Waals surface area contributed by atoms with Gasteiger partial charge in [-0.3, -0.25) is 4.31 Å².